The number of rotatable bonds is 5. The summed E-state index contributed by atoms with van der Waals surface area (Å²) in [5.74, 6) is 1.92. The summed E-state index contributed by atoms with van der Waals surface area (Å²) < 4.78 is 0. The molecule has 1 aliphatic heterocycles. The van der Waals surface area contributed by atoms with Crippen molar-refractivity contribution in [2.24, 2.45) is 0 Å². The summed E-state index contributed by atoms with van der Waals surface area (Å²) in [5.41, 5.74) is 14.8. The molecule has 0 saturated carbocycles. The van der Waals surface area contributed by atoms with Gasteiger partial charge in [-0.3, -0.25) is 0 Å². The van der Waals surface area contributed by atoms with Gasteiger partial charge < -0.3 is 0 Å². The zero-order valence-corrected chi connectivity index (χ0v) is 32.0. The van der Waals surface area contributed by atoms with Gasteiger partial charge in [-0.2, -0.15) is 5.26 Å². The topological polar surface area (TPSA) is 62.5 Å². The van der Waals surface area contributed by atoms with E-state index in [0.29, 0.717) is 23.0 Å². The van der Waals surface area contributed by atoms with Crippen molar-refractivity contribution in [1.82, 2.24) is 15.0 Å². The molecule has 0 bridgehead atoms. The van der Waals surface area contributed by atoms with Crippen LogP contribution >= 0.6 is 11.8 Å². The Hall–Kier alpha value is -7.39. The monoisotopic (exact) mass is 756 g/mol. The van der Waals surface area contributed by atoms with Gasteiger partial charge >= 0.3 is 0 Å². The number of benzene rings is 8. The second-order valence-corrected chi connectivity index (χ2v) is 15.8. The predicted molar refractivity (Wildman–Crippen MR) is 233 cm³/mol. The smallest absolute Gasteiger partial charge is 0.164 e. The van der Waals surface area contributed by atoms with Gasteiger partial charge in [-0.05, 0) is 92.0 Å². The minimum absolute atomic E-state index is 0.593. The molecule has 9 aromatic rings. The number of nitrogens with zero attached hydrogens (tertiary/aromatic N) is 4. The van der Waals surface area contributed by atoms with Crippen LogP contribution in [0.25, 0.3) is 67.5 Å². The van der Waals surface area contributed by atoms with Crippen LogP contribution in [0.3, 0.4) is 0 Å². The summed E-state index contributed by atoms with van der Waals surface area (Å²) in [4.78, 5) is 17.7. The first-order valence-electron chi connectivity index (χ1n) is 19.3. The Morgan fingerprint density at radius 2 is 0.793 bits per heavy atom. The highest BCUT2D eigenvalue weighted by molar-refractivity contribution is 7.99. The lowest BCUT2D eigenvalue weighted by Gasteiger charge is -2.40. The van der Waals surface area contributed by atoms with Gasteiger partial charge in [0.05, 0.1) is 17.0 Å². The summed E-state index contributed by atoms with van der Waals surface area (Å²) >= 11 is 1.82. The van der Waals surface area contributed by atoms with Crippen LogP contribution in [0, 0.1) is 11.3 Å². The molecule has 58 heavy (non-hydrogen) atoms. The zero-order chi connectivity index (χ0) is 38.6. The Balaban J connectivity index is 1.12. The Kier molecular flexibility index (Phi) is 7.99. The van der Waals surface area contributed by atoms with E-state index >= 15 is 0 Å². The molecule has 0 saturated heterocycles. The molecular weight excluding hydrogens is 725 g/mol. The molecule has 1 aliphatic carbocycles. The lowest BCUT2D eigenvalue weighted by atomic mass is 9.66. The van der Waals surface area contributed by atoms with Gasteiger partial charge in [0.15, 0.2) is 17.5 Å². The highest BCUT2D eigenvalue weighted by atomic mass is 32.2. The van der Waals surface area contributed by atoms with Crippen molar-refractivity contribution < 1.29 is 0 Å². The quantitative estimate of drug-likeness (QED) is 0.175. The van der Waals surface area contributed by atoms with Crippen LogP contribution in [0.1, 0.15) is 27.8 Å². The van der Waals surface area contributed by atoms with E-state index in [1.165, 1.54) is 43.2 Å². The van der Waals surface area contributed by atoms with Crippen LogP contribution in [0.2, 0.25) is 0 Å². The van der Waals surface area contributed by atoms with Crippen LogP contribution in [-0.4, -0.2) is 15.0 Å². The maximum absolute atomic E-state index is 9.49. The maximum Gasteiger partial charge on any atom is 0.164 e. The molecule has 1 aromatic heterocycles. The minimum atomic E-state index is -0.593. The Bertz CT molecular complexity index is 2990. The van der Waals surface area contributed by atoms with E-state index in [-0.39, 0.29) is 0 Å². The molecule has 270 valence electrons. The lowest BCUT2D eigenvalue weighted by Crippen LogP contribution is -2.32. The molecule has 2 heterocycles. The highest BCUT2D eigenvalue weighted by Gasteiger charge is 2.50. The van der Waals surface area contributed by atoms with Gasteiger partial charge in [0, 0.05) is 26.5 Å². The molecule has 2 aliphatic rings. The number of hydrogen-bond acceptors (Lipinski definition) is 5. The number of fused-ring (bicyclic) bond motifs is 9. The molecule has 0 radical (unpaired) electrons. The van der Waals surface area contributed by atoms with Gasteiger partial charge in [0.25, 0.3) is 0 Å². The number of hydrogen-bond donors (Lipinski definition) is 0. The lowest BCUT2D eigenvalue weighted by molar-refractivity contribution is 0.723. The molecule has 5 heteroatoms. The van der Waals surface area contributed by atoms with Crippen LogP contribution in [-0.2, 0) is 5.41 Å². The predicted octanol–water partition coefficient (Wildman–Crippen LogP) is 12.9. The van der Waals surface area contributed by atoms with Crippen LogP contribution < -0.4 is 0 Å². The molecule has 0 amide bonds. The van der Waals surface area contributed by atoms with Crippen molar-refractivity contribution in [3.8, 4) is 73.6 Å². The summed E-state index contributed by atoms with van der Waals surface area (Å²) in [5, 5.41) is 9.49. The van der Waals surface area contributed by atoms with Crippen LogP contribution in [0.5, 0.6) is 0 Å². The maximum atomic E-state index is 9.49. The second kappa shape index (κ2) is 13.7. The second-order valence-electron chi connectivity index (χ2n) is 14.7. The van der Waals surface area contributed by atoms with E-state index in [9.17, 15) is 5.26 Å². The van der Waals surface area contributed by atoms with E-state index < -0.39 is 5.41 Å². The Morgan fingerprint density at radius 3 is 1.34 bits per heavy atom. The minimum Gasteiger partial charge on any atom is -0.208 e. The van der Waals surface area contributed by atoms with Gasteiger partial charge in [0.1, 0.15) is 0 Å². The SMILES string of the molecule is N#Cc1cccc(-c2ccc(-c3ccc4c(c3)C3(c5cc(-c6nc(-c7ccccc7)nc(-c7ccccc7)n6)ccc5S4)c4ccccc4-c4ccccc43)cc2)c1. The molecule has 11 rings (SSSR count). The number of nitriles is 1. The highest BCUT2D eigenvalue weighted by Crippen LogP contribution is 2.62. The fourth-order valence-corrected chi connectivity index (χ4v) is 9.94. The summed E-state index contributed by atoms with van der Waals surface area (Å²) in [6.07, 6.45) is 0. The summed E-state index contributed by atoms with van der Waals surface area (Å²) in [6.45, 7) is 0. The normalized spacial score (nSPS) is 12.9. The summed E-state index contributed by atoms with van der Waals surface area (Å²) in [7, 11) is 0. The third kappa shape index (κ3) is 5.42. The van der Waals surface area contributed by atoms with Crippen LogP contribution in [0.4, 0.5) is 0 Å². The third-order valence-electron chi connectivity index (χ3n) is 11.4. The van der Waals surface area contributed by atoms with E-state index in [2.05, 4.69) is 121 Å². The molecule has 1 spiro atoms. The van der Waals surface area contributed by atoms with Gasteiger partial charge in [-0.1, -0.05) is 169 Å². The average Bonchev–Trinajstić information content (AvgIpc) is 3.60. The van der Waals surface area contributed by atoms with Crippen molar-refractivity contribution in [2.75, 3.05) is 0 Å². The number of aromatic nitrogens is 3. The van der Waals surface area contributed by atoms with Gasteiger partial charge in [0.2, 0.25) is 0 Å². The van der Waals surface area contributed by atoms with E-state index in [0.717, 1.165) is 38.9 Å². The van der Waals surface area contributed by atoms with Crippen molar-refractivity contribution in [2.45, 2.75) is 15.2 Å². The van der Waals surface area contributed by atoms with Gasteiger partial charge in [-0.15, -0.1) is 0 Å². The Morgan fingerprint density at radius 1 is 0.362 bits per heavy atom. The fourth-order valence-electron chi connectivity index (χ4n) is 8.78. The van der Waals surface area contributed by atoms with E-state index in [4.69, 9.17) is 15.0 Å². The third-order valence-corrected chi connectivity index (χ3v) is 12.6. The van der Waals surface area contributed by atoms with E-state index in [1.54, 1.807) is 0 Å². The molecule has 0 N–H and O–H groups in total. The van der Waals surface area contributed by atoms with Crippen molar-refractivity contribution in [3.05, 3.63) is 222 Å². The molecule has 0 fully saturated rings. The first kappa shape index (κ1) is 33.9. The van der Waals surface area contributed by atoms with Crippen molar-refractivity contribution >= 4 is 11.8 Å². The molecule has 0 atom stereocenters. The Labute approximate surface area is 341 Å². The van der Waals surface area contributed by atoms with E-state index in [1.807, 2.05) is 90.6 Å². The first-order chi connectivity index (χ1) is 28.7. The average molecular weight is 757 g/mol. The van der Waals surface area contributed by atoms with Crippen LogP contribution in [0.15, 0.2) is 204 Å². The summed E-state index contributed by atoms with van der Waals surface area (Å²) in [6, 6.07) is 70.5. The molecular formula is C53H32N4S. The molecule has 4 nitrogen and oxygen atoms in total. The van der Waals surface area contributed by atoms with Gasteiger partial charge in [-0.25, -0.2) is 15.0 Å². The molecule has 8 aromatic carbocycles. The first-order valence-corrected chi connectivity index (χ1v) is 20.1. The molecule has 0 unspecified atom stereocenters. The largest absolute Gasteiger partial charge is 0.208 e. The van der Waals surface area contributed by atoms with Crippen molar-refractivity contribution in [3.63, 3.8) is 0 Å². The standard InChI is InChI=1S/C53H32N4S/c54-33-34-12-11-17-39(30-34)35-22-24-36(25-23-35)40-26-28-48-46(31-40)53(44-20-9-7-18-42(44)43-19-8-10-21-45(43)53)47-32-41(27-29-49(47)58-48)52-56-50(37-13-3-1-4-14-37)55-51(57-52)38-15-5-2-6-16-38/h1-32H. The van der Waals surface area contributed by atoms with Crippen molar-refractivity contribution in [1.29, 1.82) is 5.26 Å². The fraction of sp³-hybridized carbons (Fsp3) is 0.0189. The zero-order valence-electron chi connectivity index (χ0n) is 31.2.